The van der Waals surface area contributed by atoms with Gasteiger partial charge in [0, 0.05) is 17.3 Å². The van der Waals surface area contributed by atoms with Gasteiger partial charge in [-0.05, 0) is 24.3 Å². The van der Waals surface area contributed by atoms with Crippen LogP contribution >= 0.6 is 0 Å². The maximum atomic E-state index is 13.6. The van der Waals surface area contributed by atoms with Crippen molar-refractivity contribution < 1.29 is 9.18 Å². The number of halogens is 1. The molecule has 0 saturated carbocycles. The molecule has 0 aliphatic carbocycles. The molecule has 6 heteroatoms. The number of hydrogen-bond acceptors (Lipinski definition) is 3. The van der Waals surface area contributed by atoms with Crippen molar-refractivity contribution in [1.82, 2.24) is 9.78 Å². The number of anilines is 1. The molecule has 1 N–H and O–H groups in total. The van der Waals surface area contributed by atoms with Gasteiger partial charge in [-0.2, -0.15) is 10.4 Å². The van der Waals surface area contributed by atoms with E-state index in [1.165, 1.54) is 18.3 Å². The van der Waals surface area contributed by atoms with Crippen molar-refractivity contribution in [2.45, 2.75) is 6.54 Å². The minimum absolute atomic E-state index is 0.270. The smallest absolute Gasteiger partial charge is 0.255 e. The molecule has 0 spiro atoms. The molecule has 1 aromatic heterocycles. The molecular formula is C18H13FN4O. The van der Waals surface area contributed by atoms with E-state index in [4.69, 9.17) is 5.26 Å². The Morgan fingerprint density at radius 2 is 2.08 bits per heavy atom. The zero-order valence-electron chi connectivity index (χ0n) is 12.6. The highest BCUT2D eigenvalue weighted by atomic mass is 19.1. The molecule has 0 aliphatic rings. The van der Waals surface area contributed by atoms with E-state index in [-0.39, 0.29) is 18.3 Å². The molecule has 24 heavy (non-hydrogen) atoms. The molecule has 3 rings (SSSR count). The maximum absolute atomic E-state index is 13.6. The van der Waals surface area contributed by atoms with Gasteiger partial charge in [-0.1, -0.05) is 24.3 Å². The second-order valence-corrected chi connectivity index (χ2v) is 5.16. The predicted octanol–water partition coefficient (Wildman–Crippen LogP) is 3.19. The molecule has 1 amide bonds. The van der Waals surface area contributed by atoms with Crippen molar-refractivity contribution in [2.75, 3.05) is 5.32 Å². The summed E-state index contributed by atoms with van der Waals surface area (Å²) in [6.45, 7) is 0.270. The van der Waals surface area contributed by atoms with Crippen LogP contribution in [-0.2, 0) is 6.54 Å². The lowest BCUT2D eigenvalue weighted by Gasteiger charge is -2.04. The van der Waals surface area contributed by atoms with E-state index in [0.29, 0.717) is 22.4 Å². The average molecular weight is 320 g/mol. The van der Waals surface area contributed by atoms with Crippen LogP contribution in [0, 0.1) is 17.1 Å². The summed E-state index contributed by atoms with van der Waals surface area (Å²) >= 11 is 0. The fraction of sp³-hybridized carbons (Fsp3) is 0.0556. The zero-order chi connectivity index (χ0) is 16.9. The Balaban J connectivity index is 1.71. The van der Waals surface area contributed by atoms with Crippen molar-refractivity contribution >= 4 is 11.6 Å². The summed E-state index contributed by atoms with van der Waals surface area (Å²) in [7, 11) is 0. The normalized spacial score (nSPS) is 10.2. The number of nitrogens with one attached hydrogen (secondary N) is 1. The molecule has 0 radical (unpaired) electrons. The number of carbonyl (C=O) groups is 1. The Morgan fingerprint density at radius 1 is 1.25 bits per heavy atom. The number of amides is 1. The van der Waals surface area contributed by atoms with Crippen LogP contribution in [0.5, 0.6) is 0 Å². The number of rotatable bonds is 4. The Kier molecular flexibility index (Phi) is 4.34. The Labute approximate surface area is 138 Å². The Hall–Kier alpha value is -3.46. The van der Waals surface area contributed by atoms with Crippen LogP contribution in [0.1, 0.15) is 21.5 Å². The average Bonchev–Trinajstić information content (AvgIpc) is 3.04. The first-order valence-electron chi connectivity index (χ1n) is 7.23. The van der Waals surface area contributed by atoms with Crippen LogP contribution in [0.2, 0.25) is 0 Å². The van der Waals surface area contributed by atoms with E-state index in [0.717, 1.165) is 0 Å². The number of hydrogen-bond donors (Lipinski definition) is 1. The van der Waals surface area contributed by atoms with Crippen molar-refractivity contribution in [3.05, 3.63) is 83.4 Å². The van der Waals surface area contributed by atoms with Crippen molar-refractivity contribution in [3.63, 3.8) is 0 Å². The summed E-state index contributed by atoms with van der Waals surface area (Å²) in [6, 6.07) is 14.9. The summed E-state index contributed by atoms with van der Waals surface area (Å²) in [5, 5.41) is 15.7. The first-order valence-corrected chi connectivity index (χ1v) is 7.23. The summed E-state index contributed by atoms with van der Waals surface area (Å²) < 4.78 is 15.2. The molecule has 118 valence electrons. The van der Waals surface area contributed by atoms with Gasteiger partial charge in [0.15, 0.2) is 0 Å². The van der Waals surface area contributed by atoms with Crippen LogP contribution < -0.4 is 5.32 Å². The quantitative estimate of drug-likeness (QED) is 0.802. The van der Waals surface area contributed by atoms with Gasteiger partial charge >= 0.3 is 0 Å². The Morgan fingerprint density at radius 3 is 2.88 bits per heavy atom. The van der Waals surface area contributed by atoms with E-state index in [2.05, 4.69) is 10.4 Å². The highest BCUT2D eigenvalue weighted by Crippen LogP contribution is 2.12. The van der Waals surface area contributed by atoms with Gasteiger partial charge in [0.1, 0.15) is 5.82 Å². The summed E-state index contributed by atoms with van der Waals surface area (Å²) in [6.07, 6.45) is 3.12. The number of nitriles is 1. The number of benzene rings is 2. The molecule has 2 aromatic carbocycles. The molecule has 5 nitrogen and oxygen atoms in total. The third-order valence-electron chi connectivity index (χ3n) is 3.44. The van der Waals surface area contributed by atoms with Crippen LogP contribution in [0.3, 0.4) is 0 Å². The van der Waals surface area contributed by atoms with E-state index in [1.54, 1.807) is 47.3 Å². The highest BCUT2D eigenvalue weighted by Gasteiger charge is 2.09. The van der Waals surface area contributed by atoms with E-state index >= 15 is 0 Å². The van der Waals surface area contributed by atoms with Crippen molar-refractivity contribution in [3.8, 4) is 6.07 Å². The minimum atomic E-state index is -0.336. The maximum Gasteiger partial charge on any atom is 0.255 e. The topological polar surface area (TPSA) is 70.7 Å². The van der Waals surface area contributed by atoms with Gasteiger partial charge in [-0.15, -0.1) is 0 Å². The third-order valence-corrected chi connectivity index (χ3v) is 3.44. The van der Waals surface area contributed by atoms with E-state index in [9.17, 15) is 9.18 Å². The first kappa shape index (κ1) is 15.4. The second-order valence-electron chi connectivity index (χ2n) is 5.16. The lowest BCUT2D eigenvalue weighted by molar-refractivity contribution is 0.102. The van der Waals surface area contributed by atoms with E-state index in [1.807, 2.05) is 6.07 Å². The van der Waals surface area contributed by atoms with Crippen molar-refractivity contribution in [2.24, 2.45) is 0 Å². The Bertz CT molecular complexity index is 927. The largest absolute Gasteiger partial charge is 0.319 e. The van der Waals surface area contributed by atoms with Gasteiger partial charge in [-0.25, -0.2) is 4.39 Å². The van der Waals surface area contributed by atoms with Crippen LogP contribution in [-0.4, -0.2) is 15.7 Å². The monoisotopic (exact) mass is 320 g/mol. The second kappa shape index (κ2) is 6.75. The molecule has 0 bridgehead atoms. The molecule has 0 fully saturated rings. The fourth-order valence-electron chi connectivity index (χ4n) is 2.25. The molecule has 3 aromatic rings. The standard InChI is InChI=1S/C18H13FN4O/c19-17-7-2-1-5-15(17)11-23-12-16(10-21-23)22-18(24)14-6-3-4-13(8-14)9-20/h1-8,10,12H,11H2,(H,22,24). The van der Waals surface area contributed by atoms with Gasteiger partial charge in [0.05, 0.1) is 30.1 Å². The molecule has 0 atom stereocenters. The molecule has 0 unspecified atom stereocenters. The van der Waals surface area contributed by atoms with E-state index < -0.39 is 0 Å². The summed E-state index contributed by atoms with van der Waals surface area (Å²) in [4.78, 5) is 12.2. The first-order chi connectivity index (χ1) is 11.7. The fourth-order valence-corrected chi connectivity index (χ4v) is 2.25. The number of carbonyl (C=O) groups excluding carboxylic acids is 1. The van der Waals surface area contributed by atoms with Crippen LogP contribution in [0.25, 0.3) is 0 Å². The van der Waals surface area contributed by atoms with Gasteiger partial charge < -0.3 is 5.32 Å². The summed E-state index contributed by atoms with van der Waals surface area (Å²) in [5.41, 5.74) is 1.81. The number of aromatic nitrogens is 2. The van der Waals surface area contributed by atoms with Crippen LogP contribution in [0.15, 0.2) is 60.9 Å². The lowest BCUT2D eigenvalue weighted by Crippen LogP contribution is -2.11. The van der Waals surface area contributed by atoms with Gasteiger partial charge in [0.25, 0.3) is 5.91 Å². The molecule has 0 aliphatic heterocycles. The number of nitrogens with zero attached hydrogens (tertiary/aromatic N) is 3. The summed E-state index contributed by atoms with van der Waals surface area (Å²) in [5.74, 6) is -0.635. The minimum Gasteiger partial charge on any atom is -0.319 e. The van der Waals surface area contributed by atoms with Gasteiger partial charge in [0.2, 0.25) is 0 Å². The molecular weight excluding hydrogens is 307 g/mol. The molecule has 0 saturated heterocycles. The molecule has 1 heterocycles. The third kappa shape index (κ3) is 3.47. The highest BCUT2D eigenvalue weighted by molar-refractivity contribution is 6.04. The SMILES string of the molecule is N#Cc1cccc(C(=O)Nc2cnn(Cc3ccccc3F)c2)c1. The van der Waals surface area contributed by atoms with Crippen LogP contribution in [0.4, 0.5) is 10.1 Å². The predicted molar refractivity (Wildman–Crippen MR) is 86.8 cm³/mol. The lowest BCUT2D eigenvalue weighted by atomic mass is 10.1. The zero-order valence-corrected chi connectivity index (χ0v) is 12.6. The van der Waals surface area contributed by atoms with Gasteiger partial charge in [-0.3, -0.25) is 9.48 Å². The van der Waals surface area contributed by atoms with Crippen molar-refractivity contribution in [1.29, 1.82) is 5.26 Å².